The van der Waals surface area contributed by atoms with Gasteiger partial charge in [0.1, 0.15) is 0 Å². The maximum atomic E-state index is 5.76. The van der Waals surface area contributed by atoms with Crippen molar-refractivity contribution in [2.75, 3.05) is 13.1 Å². The first kappa shape index (κ1) is 7.63. The summed E-state index contributed by atoms with van der Waals surface area (Å²) >= 11 is 5.76. The molecular formula is C9H14ClN. The van der Waals surface area contributed by atoms with Crippen molar-refractivity contribution in [2.45, 2.75) is 25.3 Å². The summed E-state index contributed by atoms with van der Waals surface area (Å²) in [5.74, 6) is 1.000. The van der Waals surface area contributed by atoms with Gasteiger partial charge in [0.2, 0.25) is 0 Å². The summed E-state index contributed by atoms with van der Waals surface area (Å²) in [5, 5.41) is 0.789. The number of rotatable bonds is 2. The number of hydrogen-bond acceptors (Lipinski definition) is 1. The molecule has 1 saturated carbocycles. The molecule has 0 bridgehead atoms. The fraction of sp³-hybridized carbons (Fsp3) is 0.778. The maximum Gasteiger partial charge on any atom is 0.0338 e. The maximum absolute atomic E-state index is 5.76. The van der Waals surface area contributed by atoms with Crippen molar-refractivity contribution in [3.63, 3.8) is 0 Å². The Bertz CT molecular complexity index is 178. The molecular weight excluding hydrogens is 158 g/mol. The van der Waals surface area contributed by atoms with Crippen molar-refractivity contribution >= 4 is 11.6 Å². The van der Waals surface area contributed by atoms with Crippen LogP contribution in [0, 0.1) is 5.92 Å². The van der Waals surface area contributed by atoms with E-state index in [1.807, 2.05) is 0 Å². The molecule has 1 saturated heterocycles. The van der Waals surface area contributed by atoms with E-state index < -0.39 is 0 Å². The zero-order valence-electron chi connectivity index (χ0n) is 6.72. The van der Waals surface area contributed by atoms with Gasteiger partial charge in [0.25, 0.3) is 0 Å². The first-order chi connectivity index (χ1) is 5.27. The first-order valence-electron chi connectivity index (χ1n) is 4.34. The van der Waals surface area contributed by atoms with Gasteiger partial charge in [0.05, 0.1) is 0 Å². The molecule has 2 atom stereocenters. The molecule has 1 nitrogen and oxygen atoms in total. The van der Waals surface area contributed by atoms with Gasteiger partial charge in [-0.2, -0.15) is 0 Å². The lowest BCUT2D eigenvalue weighted by atomic mass is 10.1. The minimum absolute atomic E-state index is 0.789. The molecule has 2 heteroatoms. The van der Waals surface area contributed by atoms with Crippen LogP contribution in [0.4, 0.5) is 0 Å². The van der Waals surface area contributed by atoms with Gasteiger partial charge < -0.3 is 0 Å². The van der Waals surface area contributed by atoms with Crippen molar-refractivity contribution in [1.29, 1.82) is 0 Å². The van der Waals surface area contributed by atoms with E-state index in [9.17, 15) is 0 Å². The summed E-state index contributed by atoms with van der Waals surface area (Å²) < 4.78 is 0. The van der Waals surface area contributed by atoms with Gasteiger partial charge in [-0.05, 0) is 31.7 Å². The molecule has 0 aromatic carbocycles. The molecule has 0 radical (unpaired) electrons. The fourth-order valence-corrected chi connectivity index (χ4v) is 2.28. The van der Waals surface area contributed by atoms with E-state index in [0.29, 0.717) is 0 Å². The van der Waals surface area contributed by atoms with Gasteiger partial charge in [0, 0.05) is 17.6 Å². The summed E-state index contributed by atoms with van der Waals surface area (Å²) in [5.41, 5.74) is 0. The Kier molecular flexibility index (Phi) is 1.94. The minimum Gasteiger partial charge on any atom is -0.295 e. The van der Waals surface area contributed by atoms with Crippen LogP contribution in [-0.2, 0) is 0 Å². The number of piperidine rings is 1. The van der Waals surface area contributed by atoms with Crippen LogP contribution in [0.2, 0.25) is 0 Å². The fourth-order valence-electron chi connectivity index (χ4n) is 2.13. The van der Waals surface area contributed by atoms with E-state index in [-0.39, 0.29) is 0 Å². The minimum atomic E-state index is 0.789. The first-order valence-corrected chi connectivity index (χ1v) is 4.72. The van der Waals surface area contributed by atoms with Crippen LogP contribution in [0.25, 0.3) is 0 Å². The van der Waals surface area contributed by atoms with Gasteiger partial charge in [-0.3, -0.25) is 4.90 Å². The van der Waals surface area contributed by atoms with E-state index in [0.717, 1.165) is 23.5 Å². The summed E-state index contributed by atoms with van der Waals surface area (Å²) in [6, 6.07) is 0.860. The predicted octanol–water partition coefficient (Wildman–Crippen LogP) is 2.22. The zero-order chi connectivity index (χ0) is 7.84. The van der Waals surface area contributed by atoms with Gasteiger partial charge in [-0.15, -0.1) is 0 Å². The SMILES string of the molecule is C=C(Cl)CN1CCC[C@@H]2C[C@@H]21. The second-order valence-electron chi connectivity index (χ2n) is 3.69. The van der Waals surface area contributed by atoms with E-state index >= 15 is 0 Å². The highest BCUT2D eigenvalue weighted by atomic mass is 35.5. The van der Waals surface area contributed by atoms with Crippen LogP contribution >= 0.6 is 11.6 Å². The molecule has 0 unspecified atom stereocenters. The largest absolute Gasteiger partial charge is 0.295 e. The molecule has 1 heterocycles. The Balaban J connectivity index is 1.88. The van der Waals surface area contributed by atoms with Crippen molar-refractivity contribution in [1.82, 2.24) is 4.90 Å². The van der Waals surface area contributed by atoms with Crippen LogP contribution in [0.15, 0.2) is 11.6 Å². The standard InChI is InChI=1S/C9H14ClN/c1-7(10)6-11-4-2-3-8-5-9(8)11/h8-9H,1-6H2/t8-,9+/m1/s1. The number of nitrogens with zero attached hydrogens (tertiary/aromatic N) is 1. The lowest BCUT2D eigenvalue weighted by Crippen LogP contribution is -2.32. The number of halogens is 1. The molecule has 0 amide bonds. The van der Waals surface area contributed by atoms with Gasteiger partial charge in [0.15, 0.2) is 0 Å². The molecule has 11 heavy (non-hydrogen) atoms. The Morgan fingerprint density at radius 3 is 3.18 bits per heavy atom. The normalized spacial score (nSPS) is 36.5. The average molecular weight is 172 g/mol. The number of hydrogen-bond donors (Lipinski definition) is 0. The summed E-state index contributed by atoms with van der Waals surface area (Å²) in [4.78, 5) is 2.48. The van der Waals surface area contributed by atoms with Crippen LogP contribution in [0.1, 0.15) is 19.3 Å². The lowest BCUT2D eigenvalue weighted by Gasteiger charge is -2.25. The van der Waals surface area contributed by atoms with Crippen molar-refractivity contribution in [3.8, 4) is 0 Å². The Morgan fingerprint density at radius 2 is 2.45 bits per heavy atom. The highest BCUT2D eigenvalue weighted by molar-refractivity contribution is 6.29. The molecule has 0 aromatic rings. The highest BCUT2D eigenvalue weighted by Crippen LogP contribution is 2.43. The van der Waals surface area contributed by atoms with Gasteiger partial charge in [-0.1, -0.05) is 18.2 Å². The van der Waals surface area contributed by atoms with Crippen molar-refractivity contribution < 1.29 is 0 Å². The quantitative estimate of drug-likeness (QED) is 0.616. The van der Waals surface area contributed by atoms with Gasteiger partial charge >= 0.3 is 0 Å². The highest BCUT2D eigenvalue weighted by Gasteiger charge is 2.43. The van der Waals surface area contributed by atoms with Crippen molar-refractivity contribution in [3.05, 3.63) is 11.6 Å². The van der Waals surface area contributed by atoms with E-state index in [1.54, 1.807) is 0 Å². The lowest BCUT2D eigenvalue weighted by molar-refractivity contribution is 0.236. The number of likely N-dealkylation sites (tertiary alicyclic amines) is 1. The van der Waals surface area contributed by atoms with Crippen molar-refractivity contribution in [2.24, 2.45) is 5.92 Å². The summed E-state index contributed by atoms with van der Waals surface area (Å²) in [6.45, 7) is 5.86. The molecule has 1 aliphatic heterocycles. The van der Waals surface area contributed by atoms with Gasteiger partial charge in [-0.25, -0.2) is 0 Å². The third kappa shape index (κ3) is 1.60. The molecule has 0 aromatic heterocycles. The zero-order valence-corrected chi connectivity index (χ0v) is 7.48. The van der Waals surface area contributed by atoms with Crippen LogP contribution in [0.3, 0.4) is 0 Å². The Morgan fingerprint density at radius 1 is 1.64 bits per heavy atom. The molecule has 2 fully saturated rings. The molecule has 62 valence electrons. The number of fused-ring (bicyclic) bond motifs is 1. The van der Waals surface area contributed by atoms with E-state index in [2.05, 4.69) is 11.5 Å². The smallest absolute Gasteiger partial charge is 0.0338 e. The third-order valence-corrected chi connectivity index (χ3v) is 2.87. The molecule has 0 N–H and O–H groups in total. The Hall–Kier alpha value is -0.0100. The summed E-state index contributed by atoms with van der Waals surface area (Å²) in [7, 11) is 0. The second kappa shape index (κ2) is 2.80. The summed E-state index contributed by atoms with van der Waals surface area (Å²) in [6.07, 6.45) is 4.20. The molecule has 2 rings (SSSR count). The van der Waals surface area contributed by atoms with E-state index in [4.69, 9.17) is 11.6 Å². The average Bonchev–Trinajstić information content (AvgIpc) is 2.65. The molecule has 0 spiro atoms. The van der Waals surface area contributed by atoms with Crippen LogP contribution in [0.5, 0.6) is 0 Å². The molecule has 1 aliphatic carbocycles. The molecule has 2 aliphatic rings. The second-order valence-corrected chi connectivity index (χ2v) is 4.23. The third-order valence-electron chi connectivity index (χ3n) is 2.75. The van der Waals surface area contributed by atoms with E-state index in [1.165, 1.54) is 25.8 Å². The Labute approximate surface area is 73.0 Å². The van der Waals surface area contributed by atoms with Crippen LogP contribution < -0.4 is 0 Å². The monoisotopic (exact) mass is 171 g/mol. The predicted molar refractivity (Wildman–Crippen MR) is 47.7 cm³/mol. The van der Waals surface area contributed by atoms with Crippen LogP contribution in [-0.4, -0.2) is 24.0 Å². The topological polar surface area (TPSA) is 3.24 Å².